The average Bonchev–Trinajstić information content (AvgIpc) is 3.13. The van der Waals surface area contributed by atoms with Gasteiger partial charge in [-0.3, -0.25) is 4.68 Å². The van der Waals surface area contributed by atoms with E-state index in [1.165, 1.54) is 0 Å². The Morgan fingerprint density at radius 3 is 2.86 bits per heavy atom. The summed E-state index contributed by atoms with van der Waals surface area (Å²) in [6, 6.07) is 4.02. The zero-order valence-corrected chi connectivity index (χ0v) is 12.6. The number of fused-ring (bicyclic) bond motifs is 1. The van der Waals surface area contributed by atoms with Crippen LogP contribution in [-0.2, 0) is 13.1 Å². The van der Waals surface area contributed by atoms with Crippen LogP contribution in [0.1, 0.15) is 38.2 Å². The van der Waals surface area contributed by atoms with Crippen molar-refractivity contribution in [3.05, 3.63) is 36.0 Å². The van der Waals surface area contributed by atoms with Crippen molar-refractivity contribution in [2.75, 3.05) is 5.32 Å². The monoisotopic (exact) mass is 284 g/mol. The summed E-state index contributed by atoms with van der Waals surface area (Å²) in [6.07, 6.45) is 3.88. The number of aromatic nitrogens is 5. The number of anilines is 1. The van der Waals surface area contributed by atoms with E-state index < -0.39 is 0 Å². The maximum Gasteiger partial charge on any atom is 0.143 e. The molecule has 6 nitrogen and oxygen atoms in total. The molecule has 6 heteroatoms. The quantitative estimate of drug-likeness (QED) is 0.755. The molecule has 0 atom stereocenters. The average molecular weight is 284 g/mol. The van der Waals surface area contributed by atoms with Crippen LogP contribution in [-0.4, -0.2) is 24.7 Å². The van der Waals surface area contributed by atoms with Crippen LogP contribution in [0.5, 0.6) is 0 Å². The van der Waals surface area contributed by atoms with Crippen molar-refractivity contribution in [3.8, 4) is 0 Å². The predicted octanol–water partition coefficient (Wildman–Crippen LogP) is 2.91. The van der Waals surface area contributed by atoms with Crippen molar-refractivity contribution < 1.29 is 0 Å². The van der Waals surface area contributed by atoms with Crippen LogP contribution in [0.3, 0.4) is 0 Å². The summed E-state index contributed by atoms with van der Waals surface area (Å²) >= 11 is 0. The number of aryl methyl sites for hydroxylation is 1. The molecule has 3 aromatic rings. The molecule has 0 amide bonds. The molecule has 0 spiro atoms. The third kappa shape index (κ3) is 2.74. The van der Waals surface area contributed by atoms with Gasteiger partial charge < -0.3 is 10.3 Å². The zero-order chi connectivity index (χ0) is 14.8. The van der Waals surface area contributed by atoms with E-state index in [1.54, 1.807) is 0 Å². The van der Waals surface area contributed by atoms with Gasteiger partial charge in [-0.15, -0.1) is 0 Å². The molecule has 0 bridgehead atoms. The fourth-order valence-corrected chi connectivity index (χ4v) is 2.20. The van der Waals surface area contributed by atoms with Crippen LogP contribution >= 0.6 is 0 Å². The molecule has 3 rings (SSSR count). The summed E-state index contributed by atoms with van der Waals surface area (Å²) in [5, 5.41) is 8.86. The highest BCUT2D eigenvalue weighted by Gasteiger charge is 2.11. The second kappa shape index (κ2) is 5.55. The van der Waals surface area contributed by atoms with E-state index in [0.717, 1.165) is 34.9 Å². The van der Waals surface area contributed by atoms with Crippen LogP contribution in [0, 0.1) is 0 Å². The summed E-state index contributed by atoms with van der Waals surface area (Å²) in [5.41, 5.74) is 1.88. The lowest BCUT2D eigenvalue weighted by atomic mass is 10.2. The van der Waals surface area contributed by atoms with E-state index in [4.69, 9.17) is 0 Å². The van der Waals surface area contributed by atoms with Crippen molar-refractivity contribution in [2.24, 2.45) is 0 Å². The molecule has 0 aliphatic rings. The molecular formula is C15H20N6. The van der Waals surface area contributed by atoms with Gasteiger partial charge in [0.1, 0.15) is 17.3 Å². The van der Waals surface area contributed by atoms with Crippen molar-refractivity contribution in [1.82, 2.24) is 24.7 Å². The van der Waals surface area contributed by atoms with Crippen molar-refractivity contribution in [1.29, 1.82) is 0 Å². The summed E-state index contributed by atoms with van der Waals surface area (Å²) in [6.45, 7) is 7.80. The Labute approximate surface area is 123 Å². The molecule has 0 fully saturated rings. The fraction of sp³-hybridized carbons (Fsp3) is 0.400. The normalized spacial score (nSPS) is 11.4. The highest BCUT2D eigenvalue weighted by Crippen LogP contribution is 2.22. The van der Waals surface area contributed by atoms with Crippen LogP contribution < -0.4 is 5.32 Å². The van der Waals surface area contributed by atoms with Gasteiger partial charge in [0.25, 0.3) is 0 Å². The van der Waals surface area contributed by atoms with Gasteiger partial charge in [0.2, 0.25) is 0 Å². The Bertz CT molecular complexity index is 740. The first-order chi connectivity index (χ1) is 10.2. The second-order valence-corrected chi connectivity index (χ2v) is 5.34. The summed E-state index contributed by atoms with van der Waals surface area (Å²) < 4.78 is 1.92. The van der Waals surface area contributed by atoms with Crippen molar-refractivity contribution in [3.63, 3.8) is 0 Å². The Hall–Kier alpha value is -2.37. The molecular weight excluding hydrogens is 264 g/mol. The molecule has 0 radical (unpaired) electrons. The Kier molecular flexibility index (Phi) is 3.60. The molecule has 0 aliphatic heterocycles. The zero-order valence-electron chi connectivity index (χ0n) is 12.6. The van der Waals surface area contributed by atoms with Gasteiger partial charge in [-0.1, -0.05) is 13.8 Å². The number of nitrogens with one attached hydrogen (secondary N) is 2. The topological polar surface area (TPSA) is 71.4 Å². The predicted molar refractivity (Wildman–Crippen MR) is 83.2 cm³/mol. The maximum atomic E-state index is 4.64. The third-order valence-corrected chi connectivity index (χ3v) is 3.41. The highest BCUT2D eigenvalue weighted by molar-refractivity contribution is 5.87. The van der Waals surface area contributed by atoms with E-state index in [2.05, 4.69) is 46.1 Å². The summed E-state index contributed by atoms with van der Waals surface area (Å²) in [4.78, 5) is 12.3. The Morgan fingerprint density at radius 2 is 2.14 bits per heavy atom. The molecule has 0 saturated heterocycles. The van der Waals surface area contributed by atoms with Gasteiger partial charge in [-0.25, -0.2) is 9.97 Å². The molecule has 3 aromatic heterocycles. The highest BCUT2D eigenvalue weighted by atomic mass is 15.3. The molecule has 21 heavy (non-hydrogen) atoms. The first kappa shape index (κ1) is 13.6. The Morgan fingerprint density at radius 1 is 1.29 bits per heavy atom. The molecule has 0 aliphatic carbocycles. The second-order valence-electron chi connectivity index (χ2n) is 5.34. The number of H-pyrrole nitrogens is 1. The molecule has 0 saturated carbocycles. The summed E-state index contributed by atoms with van der Waals surface area (Å²) in [7, 11) is 0. The minimum atomic E-state index is 0.289. The van der Waals surface area contributed by atoms with Gasteiger partial charge in [0.15, 0.2) is 0 Å². The first-order valence-electron chi connectivity index (χ1n) is 7.28. The lowest BCUT2D eigenvalue weighted by Gasteiger charge is -2.09. The van der Waals surface area contributed by atoms with E-state index >= 15 is 0 Å². The van der Waals surface area contributed by atoms with Crippen molar-refractivity contribution in [2.45, 2.75) is 39.8 Å². The van der Waals surface area contributed by atoms with Gasteiger partial charge in [0, 0.05) is 24.9 Å². The standard InChI is InChI=1S/C15H20N6/c1-4-21-8-6-11(20-21)9-17-15-12-5-7-16-14(12)18-13(19-15)10(2)3/h5-8,10H,4,9H2,1-3H3,(H2,16,17,18,19). The van der Waals surface area contributed by atoms with Gasteiger partial charge in [-0.05, 0) is 19.1 Å². The van der Waals surface area contributed by atoms with Crippen LogP contribution in [0.4, 0.5) is 5.82 Å². The lowest BCUT2D eigenvalue weighted by molar-refractivity contribution is 0.649. The smallest absolute Gasteiger partial charge is 0.143 e. The first-order valence-corrected chi connectivity index (χ1v) is 7.28. The van der Waals surface area contributed by atoms with Gasteiger partial charge in [-0.2, -0.15) is 5.10 Å². The van der Waals surface area contributed by atoms with Crippen LogP contribution in [0.15, 0.2) is 24.5 Å². The molecule has 2 N–H and O–H groups in total. The van der Waals surface area contributed by atoms with Gasteiger partial charge in [0.05, 0.1) is 17.6 Å². The van der Waals surface area contributed by atoms with E-state index in [-0.39, 0.29) is 5.92 Å². The summed E-state index contributed by atoms with van der Waals surface area (Å²) in [5.74, 6) is 1.99. The number of nitrogens with zero attached hydrogens (tertiary/aromatic N) is 4. The SMILES string of the molecule is CCn1ccc(CNc2nc(C(C)C)nc3[nH]ccc23)n1. The lowest BCUT2D eigenvalue weighted by Crippen LogP contribution is -2.07. The molecule has 0 aromatic carbocycles. The van der Waals surface area contributed by atoms with Crippen LogP contribution in [0.25, 0.3) is 11.0 Å². The molecule has 110 valence electrons. The molecule has 3 heterocycles. The Balaban J connectivity index is 1.86. The fourth-order valence-electron chi connectivity index (χ4n) is 2.20. The minimum Gasteiger partial charge on any atom is -0.364 e. The van der Waals surface area contributed by atoms with E-state index in [9.17, 15) is 0 Å². The number of aromatic amines is 1. The third-order valence-electron chi connectivity index (χ3n) is 3.41. The van der Waals surface area contributed by atoms with Crippen LogP contribution in [0.2, 0.25) is 0 Å². The largest absolute Gasteiger partial charge is 0.364 e. The number of hydrogen-bond acceptors (Lipinski definition) is 4. The number of hydrogen-bond donors (Lipinski definition) is 2. The van der Waals surface area contributed by atoms with Gasteiger partial charge >= 0.3 is 0 Å². The van der Waals surface area contributed by atoms with E-state index in [0.29, 0.717) is 6.54 Å². The van der Waals surface area contributed by atoms with E-state index in [1.807, 2.05) is 29.2 Å². The minimum absolute atomic E-state index is 0.289. The number of rotatable bonds is 5. The molecule has 0 unspecified atom stereocenters. The van der Waals surface area contributed by atoms with Crippen molar-refractivity contribution >= 4 is 16.9 Å². The maximum absolute atomic E-state index is 4.64.